The van der Waals surface area contributed by atoms with E-state index < -0.39 is 10.0 Å². The first-order valence-corrected chi connectivity index (χ1v) is 8.09. The summed E-state index contributed by atoms with van der Waals surface area (Å²) in [5.74, 6) is -0.00238. The third-order valence-electron chi connectivity index (χ3n) is 3.32. The summed E-state index contributed by atoms with van der Waals surface area (Å²) >= 11 is 0. The average Bonchev–Trinajstić information content (AvgIpc) is 2.40. The lowest BCUT2D eigenvalue weighted by molar-refractivity contribution is -0.120. The summed E-state index contributed by atoms with van der Waals surface area (Å²) in [6.45, 7) is 2.54. The van der Waals surface area contributed by atoms with Crippen LogP contribution in [-0.4, -0.2) is 31.6 Å². The third kappa shape index (κ3) is 3.22. The molecule has 0 aromatic heterocycles. The molecule has 0 spiro atoms. The summed E-state index contributed by atoms with van der Waals surface area (Å²) in [5.41, 5.74) is 1.14. The number of hydrogen-bond acceptors (Lipinski definition) is 3. The maximum atomic E-state index is 12.4. The lowest BCUT2D eigenvalue weighted by atomic mass is 10.1. The molecule has 2 rings (SSSR count). The van der Waals surface area contributed by atoms with Crippen LogP contribution in [0.25, 0.3) is 0 Å². The average molecular weight is 281 g/mol. The van der Waals surface area contributed by atoms with Crippen molar-refractivity contribution < 1.29 is 13.2 Å². The molecule has 1 saturated heterocycles. The molecule has 0 bridgehead atoms. The molecule has 1 aliphatic rings. The van der Waals surface area contributed by atoms with Crippen LogP contribution in [0.15, 0.2) is 29.2 Å². The molecule has 1 aromatic rings. The van der Waals surface area contributed by atoms with Crippen molar-refractivity contribution in [3.8, 4) is 0 Å². The van der Waals surface area contributed by atoms with Gasteiger partial charge in [-0.1, -0.05) is 25.5 Å². The van der Waals surface area contributed by atoms with E-state index >= 15 is 0 Å². The molecular formula is C14H19NO3S. The summed E-state index contributed by atoms with van der Waals surface area (Å²) in [6, 6.07) is 6.98. The summed E-state index contributed by atoms with van der Waals surface area (Å²) in [5, 5.41) is 0. The second kappa shape index (κ2) is 5.84. The maximum Gasteiger partial charge on any atom is 0.243 e. The number of Topliss-reactive ketones (excluding diaryl/α,β-unsaturated/α-hetero) is 1. The molecule has 0 saturated carbocycles. The number of aryl methyl sites for hydroxylation is 1. The molecule has 1 fully saturated rings. The predicted octanol–water partition coefficient (Wildman–Crippen LogP) is 1.99. The van der Waals surface area contributed by atoms with Gasteiger partial charge in [-0.3, -0.25) is 4.79 Å². The van der Waals surface area contributed by atoms with Crippen LogP contribution in [0.1, 0.15) is 31.7 Å². The Bertz CT molecular complexity index is 549. The number of nitrogens with zero attached hydrogens (tertiary/aromatic N) is 1. The summed E-state index contributed by atoms with van der Waals surface area (Å²) in [7, 11) is -3.51. The first-order valence-electron chi connectivity index (χ1n) is 6.65. The fourth-order valence-corrected chi connectivity index (χ4v) is 3.74. The van der Waals surface area contributed by atoms with Crippen molar-refractivity contribution in [2.75, 3.05) is 13.1 Å². The second-order valence-electron chi connectivity index (χ2n) is 4.87. The number of rotatable bonds is 4. The number of carbonyl (C=O) groups is 1. The van der Waals surface area contributed by atoms with E-state index in [1.165, 1.54) is 4.31 Å². The highest BCUT2D eigenvalue weighted by Crippen LogP contribution is 2.20. The van der Waals surface area contributed by atoms with Crippen LogP contribution in [0.4, 0.5) is 0 Å². The molecule has 1 heterocycles. The summed E-state index contributed by atoms with van der Waals surface area (Å²) in [4.78, 5) is 11.7. The van der Waals surface area contributed by atoms with Crippen LogP contribution in [0.5, 0.6) is 0 Å². The number of piperidine rings is 1. The van der Waals surface area contributed by atoms with Gasteiger partial charge < -0.3 is 0 Å². The Labute approximate surface area is 114 Å². The Morgan fingerprint density at radius 3 is 2.47 bits per heavy atom. The van der Waals surface area contributed by atoms with Crippen molar-refractivity contribution in [1.82, 2.24) is 4.31 Å². The highest BCUT2D eigenvalue weighted by atomic mass is 32.2. The van der Waals surface area contributed by atoms with Gasteiger partial charge >= 0.3 is 0 Å². The van der Waals surface area contributed by atoms with Crippen LogP contribution in [0, 0.1) is 0 Å². The van der Waals surface area contributed by atoms with Gasteiger partial charge in [-0.15, -0.1) is 0 Å². The maximum absolute atomic E-state index is 12.4. The largest absolute Gasteiger partial charge is 0.298 e. The quantitative estimate of drug-likeness (QED) is 0.848. The molecule has 0 amide bonds. The molecule has 0 N–H and O–H groups in total. The fourth-order valence-electron chi connectivity index (χ4n) is 2.28. The first-order chi connectivity index (χ1) is 9.04. The number of benzene rings is 1. The van der Waals surface area contributed by atoms with E-state index in [2.05, 4.69) is 6.92 Å². The van der Waals surface area contributed by atoms with Gasteiger partial charge in [0.25, 0.3) is 0 Å². The highest BCUT2D eigenvalue weighted by molar-refractivity contribution is 7.89. The molecule has 0 unspecified atom stereocenters. The molecule has 0 atom stereocenters. The Balaban J connectivity index is 2.21. The van der Waals surface area contributed by atoms with Crippen LogP contribution in [0.2, 0.25) is 0 Å². The van der Waals surface area contributed by atoms with Crippen molar-refractivity contribution in [3.05, 3.63) is 29.8 Å². The lowest BCUT2D eigenvalue weighted by Gasteiger charge is -2.25. The van der Waals surface area contributed by atoms with Crippen molar-refractivity contribution in [1.29, 1.82) is 0 Å². The Hall–Kier alpha value is -1.20. The monoisotopic (exact) mass is 281 g/mol. The SMILES string of the molecule is CCCc1ccc(S(=O)(=O)N2CCCC(=O)C2)cc1. The van der Waals surface area contributed by atoms with Gasteiger partial charge in [0.1, 0.15) is 5.78 Å². The van der Waals surface area contributed by atoms with Crippen LogP contribution in [0.3, 0.4) is 0 Å². The summed E-state index contributed by atoms with van der Waals surface area (Å²) in [6.07, 6.45) is 3.09. The molecule has 5 heteroatoms. The van der Waals surface area contributed by atoms with Crippen LogP contribution < -0.4 is 0 Å². The molecule has 1 aliphatic heterocycles. The van der Waals surface area contributed by atoms with Crippen molar-refractivity contribution in [3.63, 3.8) is 0 Å². The van der Waals surface area contributed by atoms with Gasteiger partial charge in [0.15, 0.2) is 0 Å². The zero-order valence-corrected chi connectivity index (χ0v) is 11.9. The number of hydrogen-bond donors (Lipinski definition) is 0. The zero-order chi connectivity index (χ0) is 13.9. The number of sulfonamides is 1. The van der Waals surface area contributed by atoms with E-state index in [1.807, 2.05) is 12.1 Å². The zero-order valence-electron chi connectivity index (χ0n) is 11.1. The van der Waals surface area contributed by atoms with Crippen molar-refractivity contribution in [2.24, 2.45) is 0 Å². The van der Waals surface area contributed by atoms with Gasteiger partial charge in [-0.2, -0.15) is 4.31 Å². The molecular weight excluding hydrogens is 262 g/mol. The molecule has 0 aliphatic carbocycles. The van der Waals surface area contributed by atoms with Gasteiger partial charge in [-0.05, 0) is 30.5 Å². The van der Waals surface area contributed by atoms with E-state index in [0.29, 0.717) is 19.4 Å². The standard InChI is InChI=1S/C14H19NO3S/c1-2-4-12-6-8-14(9-7-12)19(17,18)15-10-3-5-13(16)11-15/h6-9H,2-5,10-11H2,1H3. The van der Waals surface area contributed by atoms with E-state index in [0.717, 1.165) is 18.4 Å². The molecule has 1 aromatic carbocycles. The minimum atomic E-state index is -3.51. The lowest BCUT2D eigenvalue weighted by Crippen LogP contribution is -2.40. The van der Waals surface area contributed by atoms with Gasteiger partial charge in [0.05, 0.1) is 11.4 Å². The van der Waals surface area contributed by atoms with Crippen molar-refractivity contribution in [2.45, 2.75) is 37.5 Å². The number of ketones is 1. The first kappa shape index (κ1) is 14.2. The Morgan fingerprint density at radius 1 is 1.21 bits per heavy atom. The van der Waals surface area contributed by atoms with Crippen LogP contribution >= 0.6 is 0 Å². The Kier molecular flexibility index (Phi) is 4.37. The molecule has 0 radical (unpaired) electrons. The minimum absolute atomic E-state index is 0.00238. The van der Waals surface area contributed by atoms with E-state index in [9.17, 15) is 13.2 Å². The smallest absolute Gasteiger partial charge is 0.243 e. The summed E-state index contributed by atoms with van der Waals surface area (Å²) < 4.78 is 26.0. The molecule has 19 heavy (non-hydrogen) atoms. The second-order valence-corrected chi connectivity index (χ2v) is 6.81. The highest BCUT2D eigenvalue weighted by Gasteiger charge is 2.28. The predicted molar refractivity (Wildman–Crippen MR) is 73.4 cm³/mol. The number of carbonyl (C=O) groups excluding carboxylic acids is 1. The molecule has 104 valence electrons. The molecule has 4 nitrogen and oxygen atoms in total. The van der Waals surface area contributed by atoms with E-state index in [-0.39, 0.29) is 17.2 Å². The van der Waals surface area contributed by atoms with Crippen LogP contribution in [-0.2, 0) is 21.2 Å². The topological polar surface area (TPSA) is 54.5 Å². The van der Waals surface area contributed by atoms with E-state index in [4.69, 9.17) is 0 Å². The van der Waals surface area contributed by atoms with Gasteiger partial charge in [0, 0.05) is 13.0 Å². The fraction of sp³-hybridized carbons (Fsp3) is 0.500. The normalized spacial score (nSPS) is 17.6. The van der Waals surface area contributed by atoms with Crippen molar-refractivity contribution >= 4 is 15.8 Å². The van der Waals surface area contributed by atoms with Gasteiger partial charge in [-0.25, -0.2) is 8.42 Å². The third-order valence-corrected chi connectivity index (χ3v) is 5.18. The van der Waals surface area contributed by atoms with E-state index in [1.54, 1.807) is 12.1 Å². The Morgan fingerprint density at radius 2 is 1.89 bits per heavy atom. The minimum Gasteiger partial charge on any atom is -0.298 e. The van der Waals surface area contributed by atoms with Gasteiger partial charge in [0.2, 0.25) is 10.0 Å².